The van der Waals surface area contributed by atoms with Gasteiger partial charge in [0, 0.05) is 31.9 Å². The van der Waals surface area contributed by atoms with E-state index < -0.39 is 0 Å². The molecule has 1 heterocycles. The largest absolute Gasteiger partial charge is 0.665 e. The van der Waals surface area contributed by atoms with Gasteiger partial charge in [0.05, 0.1) is 0 Å². The molecular formula is C7H8NO2Zn-. The molecule has 56 valence electrons. The van der Waals surface area contributed by atoms with E-state index >= 15 is 0 Å². The van der Waals surface area contributed by atoms with Crippen molar-refractivity contribution in [1.82, 2.24) is 4.98 Å². The Balaban J connectivity index is 0. The maximum atomic E-state index is 8.24. The number of pyridine rings is 1. The second-order valence-electron chi connectivity index (χ2n) is 1.62. The van der Waals surface area contributed by atoms with E-state index in [0.717, 1.165) is 0 Å². The molecule has 0 unspecified atom stereocenters. The summed E-state index contributed by atoms with van der Waals surface area (Å²) in [5.74, 6) is 0. The Hall–Kier alpha value is -0.757. The van der Waals surface area contributed by atoms with Crippen LogP contribution in [0, 0.1) is 6.92 Å². The van der Waals surface area contributed by atoms with Gasteiger partial charge in [0.2, 0.25) is 0 Å². The van der Waals surface area contributed by atoms with Crippen LogP contribution in [0.15, 0.2) is 24.5 Å². The average Bonchev–Trinajstić information content (AvgIpc) is 1.91. The van der Waals surface area contributed by atoms with Gasteiger partial charge in [-0.05, 0) is 24.6 Å². The minimum Gasteiger partial charge on any atom is -0.665 e. The normalized spacial score (nSPS) is 6.64. The molecule has 0 atom stereocenters. The first-order chi connectivity index (χ1) is 4.81. The molecule has 11 heavy (non-hydrogen) atoms. The zero-order chi connectivity index (χ0) is 7.82. The number of aryl methyl sites for hydroxylation is 1. The molecule has 3 nitrogen and oxygen atoms in total. The standard InChI is InChI=1S/C6H7N.CHO2.Zn/c1-6-2-4-7-5-3-6;2-1-3;/h2-5H,1H3;(H,2,3);/q;-1;. The number of rotatable bonds is 0. The molecule has 0 bridgehead atoms. The van der Waals surface area contributed by atoms with Gasteiger partial charge < -0.3 is 9.90 Å². The Labute approximate surface area is 78.2 Å². The molecule has 4 heteroatoms. The zero-order valence-electron chi connectivity index (χ0n) is 6.32. The Morgan fingerprint density at radius 1 is 1.45 bits per heavy atom. The summed E-state index contributed by atoms with van der Waals surface area (Å²) >= 11 is 0. The van der Waals surface area contributed by atoms with Crippen molar-refractivity contribution in [3.63, 3.8) is 0 Å². The van der Waals surface area contributed by atoms with Gasteiger partial charge in [-0.1, -0.05) is 6.47 Å². The topological polar surface area (TPSA) is 50.2 Å². The monoisotopic (exact) mass is 202 g/mol. The van der Waals surface area contributed by atoms with Crippen molar-refractivity contribution in [2.75, 3.05) is 0 Å². The smallest absolute Gasteiger partial charge is 0.0270 e. The van der Waals surface area contributed by atoms with Gasteiger partial charge in [0.15, 0.2) is 0 Å². The van der Waals surface area contributed by atoms with Crippen molar-refractivity contribution >= 4 is 6.47 Å². The van der Waals surface area contributed by atoms with Crippen LogP contribution < -0.4 is 0 Å². The summed E-state index contributed by atoms with van der Waals surface area (Å²) in [5.41, 5.74) is 1.26. The van der Waals surface area contributed by atoms with Crippen LogP contribution in [-0.2, 0) is 24.3 Å². The molecule has 0 aliphatic carbocycles. The van der Waals surface area contributed by atoms with E-state index in [-0.39, 0.29) is 19.5 Å². The summed E-state index contributed by atoms with van der Waals surface area (Å²) in [4.78, 5) is 12.1. The van der Waals surface area contributed by atoms with Crippen molar-refractivity contribution in [1.29, 1.82) is 0 Å². The molecule has 1 N–H and O–H groups in total. The molecular weight excluding hydrogens is 195 g/mol. The molecule has 0 amide bonds. The fraction of sp³-hybridized carbons (Fsp3) is 0.143. The van der Waals surface area contributed by atoms with Gasteiger partial charge in [0.25, 0.3) is 0 Å². The van der Waals surface area contributed by atoms with Crippen LogP contribution in [0.1, 0.15) is 5.56 Å². The van der Waals surface area contributed by atoms with E-state index in [2.05, 4.69) is 4.98 Å². The quantitative estimate of drug-likeness (QED) is 0.506. The van der Waals surface area contributed by atoms with Crippen molar-refractivity contribution in [3.05, 3.63) is 30.1 Å². The van der Waals surface area contributed by atoms with Crippen molar-refractivity contribution < 1.29 is 29.4 Å². The average molecular weight is 204 g/mol. The van der Waals surface area contributed by atoms with Gasteiger partial charge in [0.1, 0.15) is 0 Å². The van der Waals surface area contributed by atoms with E-state index in [9.17, 15) is 0 Å². The first-order valence-electron chi connectivity index (χ1n) is 2.69. The molecule has 0 aromatic carbocycles. The van der Waals surface area contributed by atoms with Crippen LogP contribution in [0.2, 0.25) is 0 Å². The van der Waals surface area contributed by atoms with Gasteiger partial charge in [-0.2, -0.15) is 0 Å². The Morgan fingerprint density at radius 2 is 1.82 bits per heavy atom. The SMILES string of the molecule is Cc1ccncc1.O=[C-]O.[Zn]. The van der Waals surface area contributed by atoms with Crippen molar-refractivity contribution in [3.8, 4) is 0 Å². The summed E-state index contributed by atoms with van der Waals surface area (Å²) in [6.07, 6.45) is 3.57. The predicted molar refractivity (Wildman–Crippen MR) is 37.3 cm³/mol. The second-order valence-corrected chi connectivity index (χ2v) is 1.62. The van der Waals surface area contributed by atoms with Crippen LogP contribution in [0.25, 0.3) is 0 Å². The Bertz CT molecular complexity index is 179. The van der Waals surface area contributed by atoms with Crippen LogP contribution in [0.5, 0.6) is 0 Å². The summed E-state index contributed by atoms with van der Waals surface area (Å²) in [6, 6.07) is 3.94. The van der Waals surface area contributed by atoms with E-state index in [1.54, 1.807) is 12.4 Å². The first-order valence-corrected chi connectivity index (χ1v) is 2.69. The molecule has 0 aliphatic rings. The first kappa shape index (κ1) is 12.9. The number of hydrogen-bond acceptors (Lipinski definition) is 2. The van der Waals surface area contributed by atoms with Crippen LogP contribution in [0.4, 0.5) is 0 Å². The third-order valence-electron chi connectivity index (χ3n) is 0.847. The number of nitrogens with zero attached hydrogens (tertiary/aromatic N) is 1. The minimum absolute atomic E-state index is 0. The van der Waals surface area contributed by atoms with Crippen LogP contribution in [-0.4, -0.2) is 16.6 Å². The van der Waals surface area contributed by atoms with Gasteiger partial charge in [-0.15, -0.1) is 0 Å². The molecule has 0 saturated carbocycles. The van der Waals surface area contributed by atoms with Crippen molar-refractivity contribution in [2.24, 2.45) is 0 Å². The summed E-state index contributed by atoms with van der Waals surface area (Å²) in [5, 5.41) is 6.76. The maximum Gasteiger partial charge on any atom is 0.0270 e. The fourth-order valence-electron chi connectivity index (χ4n) is 0.426. The third kappa shape index (κ3) is 9.24. The Kier molecular flexibility index (Phi) is 10.8. The maximum absolute atomic E-state index is 8.24. The molecule has 0 fully saturated rings. The van der Waals surface area contributed by atoms with Crippen molar-refractivity contribution in [2.45, 2.75) is 6.92 Å². The number of aliphatic hydroxyl groups excluding tert-OH is 1. The molecule has 0 spiro atoms. The zero-order valence-corrected chi connectivity index (χ0v) is 9.29. The number of aromatic nitrogens is 1. The molecule has 1 aromatic heterocycles. The minimum atomic E-state index is 0. The summed E-state index contributed by atoms with van der Waals surface area (Å²) in [6.45, 7) is 2.54. The van der Waals surface area contributed by atoms with E-state index in [1.807, 2.05) is 19.1 Å². The third-order valence-corrected chi connectivity index (χ3v) is 0.847. The summed E-state index contributed by atoms with van der Waals surface area (Å²) < 4.78 is 0. The Morgan fingerprint density at radius 3 is 2.00 bits per heavy atom. The van der Waals surface area contributed by atoms with Gasteiger partial charge in [-0.25, -0.2) is 0 Å². The fourth-order valence-corrected chi connectivity index (χ4v) is 0.426. The van der Waals surface area contributed by atoms with Crippen LogP contribution in [0.3, 0.4) is 0 Å². The molecule has 0 saturated heterocycles. The summed E-state index contributed by atoms with van der Waals surface area (Å²) in [7, 11) is 0. The molecule has 1 rings (SSSR count). The van der Waals surface area contributed by atoms with E-state index in [1.165, 1.54) is 5.56 Å². The molecule has 1 aromatic rings. The predicted octanol–water partition coefficient (Wildman–Crippen LogP) is 0.999. The molecule has 0 aliphatic heterocycles. The van der Waals surface area contributed by atoms with Crippen LogP contribution >= 0.6 is 0 Å². The van der Waals surface area contributed by atoms with E-state index in [4.69, 9.17) is 9.90 Å². The van der Waals surface area contributed by atoms with Gasteiger partial charge in [-0.3, -0.25) is 4.98 Å². The second kappa shape index (κ2) is 9.24. The van der Waals surface area contributed by atoms with E-state index in [0.29, 0.717) is 6.47 Å². The van der Waals surface area contributed by atoms with Gasteiger partial charge >= 0.3 is 0 Å². The number of hydrogen-bond donors (Lipinski definition) is 1. The molecule has 0 radical (unpaired) electrons.